The molecule has 1 saturated heterocycles. The summed E-state index contributed by atoms with van der Waals surface area (Å²) in [5.41, 5.74) is 6.49. The molecule has 42 heavy (non-hydrogen) atoms. The van der Waals surface area contributed by atoms with Crippen molar-refractivity contribution < 1.29 is 24.1 Å². The number of aromatic nitrogens is 3. The minimum absolute atomic E-state index is 0.00944. The molecule has 218 valence electrons. The second-order valence-corrected chi connectivity index (χ2v) is 11.0. The molecule has 0 amide bonds. The average Bonchev–Trinajstić information content (AvgIpc) is 3.67. The second kappa shape index (κ2) is 12.3. The predicted octanol–water partition coefficient (Wildman–Crippen LogP) is 5.31. The molecule has 0 spiro atoms. The molecule has 6 rings (SSSR count). The molecule has 2 aliphatic heterocycles. The number of hydrogen-bond acceptors (Lipinski definition) is 7. The Morgan fingerprint density at radius 3 is 2.81 bits per heavy atom. The quantitative estimate of drug-likeness (QED) is 0.275. The number of rotatable bonds is 10. The van der Waals surface area contributed by atoms with Crippen molar-refractivity contribution in [2.75, 3.05) is 32.9 Å². The minimum atomic E-state index is -1.10. The Kier molecular flexibility index (Phi) is 8.21. The SMILES string of the molecule is CCOc1c(C(=O)O)cnn1-c1cccc(-c2cccc(C)c2OCc2ccc3c(c2)CCN(CC2CCOC2)C3)n1. The fourth-order valence-electron chi connectivity index (χ4n) is 5.82. The van der Waals surface area contributed by atoms with Gasteiger partial charge >= 0.3 is 5.97 Å². The number of para-hydroxylation sites is 1. The monoisotopic (exact) mass is 568 g/mol. The molecule has 2 aromatic heterocycles. The van der Waals surface area contributed by atoms with Gasteiger partial charge in [-0.15, -0.1) is 0 Å². The summed E-state index contributed by atoms with van der Waals surface area (Å²) in [6.07, 6.45) is 3.50. The van der Waals surface area contributed by atoms with Gasteiger partial charge in [-0.25, -0.2) is 9.78 Å². The van der Waals surface area contributed by atoms with Crippen molar-refractivity contribution in [3.8, 4) is 28.7 Å². The Morgan fingerprint density at radius 1 is 1.12 bits per heavy atom. The highest BCUT2D eigenvalue weighted by Gasteiger charge is 2.23. The first kappa shape index (κ1) is 27.9. The van der Waals surface area contributed by atoms with Gasteiger partial charge in [0.15, 0.2) is 5.82 Å². The summed E-state index contributed by atoms with van der Waals surface area (Å²) >= 11 is 0. The molecule has 0 radical (unpaired) electrons. The molecule has 2 aliphatic rings. The normalized spacial score (nSPS) is 16.8. The van der Waals surface area contributed by atoms with Crippen molar-refractivity contribution in [2.24, 2.45) is 5.92 Å². The molecular formula is C33H36N4O5. The van der Waals surface area contributed by atoms with E-state index >= 15 is 0 Å². The van der Waals surface area contributed by atoms with Crippen LogP contribution in [0.1, 0.15) is 46.0 Å². The Hall–Kier alpha value is -4.21. The van der Waals surface area contributed by atoms with Crippen molar-refractivity contribution in [1.29, 1.82) is 0 Å². The van der Waals surface area contributed by atoms with Gasteiger partial charge in [0, 0.05) is 31.8 Å². The number of pyridine rings is 1. The van der Waals surface area contributed by atoms with E-state index in [1.54, 1.807) is 13.0 Å². The lowest BCUT2D eigenvalue weighted by Crippen LogP contribution is -2.34. The highest BCUT2D eigenvalue weighted by atomic mass is 16.5. The lowest BCUT2D eigenvalue weighted by atomic mass is 9.96. The molecule has 4 aromatic rings. The van der Waals surface area contributed by atoms with Crippen molar-refractivity contribution in [3.63, 3.8) is 0 Å². The van der Waals surface area contributed by atoms with Crippen molar-refractivity contribution in [2.45, 2.75) is 39.8 Å². The number of nitrogens with zero attached hydrogens (tertiary/aromatic N) is 4. The van der Waals surface area contributed by atoms with E-state index in [4.69, 9.17) is 19.2 Å². The molecule has 0 aliphatic carbocycles. The molecule has 0 saturated carbocycles. The molecule has 9 heteroatoms. The van der Waals surface area contributed by atoms with Crippen LogP contribution < -0.4 is 9.47 Å². The molecule has 1 N–H and O–H groups in total. The van der Waals surface area contributed by atoms with E-state index < -0.39 is 5.97 Å². The first-order valence-electron chi connectivity index (χ1n) is 14.5. The van der Waals surface area contributed by atoms with Crippen LogP contribution in [0.4, 0.5) is 0 Å². The van der Waals surface area contributed by atoms with E-state index in [0.29, 0.717) is 30.6 Å². The number of carboxylic acid groups (broad SMARTS) is 1. The van der Waals surface area contributed by atoms with E-state index in [2.05, 4.69) is 28.2 Å². The number of benzene rings is 2. The van der Waals surface area contributed by atoms with Crippen LogP contribution in [0, 0.1) is 12.8 Å². The van der Waals surface area contributed by atoms with Crippen LogP contribution in [0.15, 0.2) is 60.8 Å². The van der Waals surface area contributed by atoms with E-state index in [9.17, 15) is 9.90 Å². The second-order valence-electron chi connectivity index (χ2n) is 11.0. The zero-order chi connectivity index (χ0) is 29.1. The Labute approximate surface area is 245 Å². The Balaban J connectivity index is 1.20. The largest absolute Gasteiger partial charge is 0.488 e. The van der Waals surface area contributed by atoms with Gasteiger partial charge in [0.05, 0.1) is 25.1 Å². The van der Waals surface area contributed by atoms with Crippen LogP contribution >= 0.6 is 0 Å². The lowest BCUT2D eigenvalue weighted by molar-refractivity contribution is 0.0692. The summed E-state index contributed by atoms with van der Waals surface area (Å²) in [6.45, 7) is 9.55. The zero-order valence-electron chi connectivity index (χ0n) is 24.1. The van der Waals surface area contributed by atoms with Crippen molar-refractivity contribution in [1.82, 2.24) is 19.7 Å². The fraction of sp³-hybridized carbons (Fsp3) is 0.364. The minimum Gasteiger partial charge on any atom is -0.488 e. The predicted molar refractivity (Wildman–Crippen MR) is 158 cm³/mol. The summed E-state index contributed by atoms with van der Waals surface area (Å²) in [7, 11) is 0. The van der Waals surface area contributed by atoms with Crippen LogP contribution in [-0.2, 0) is 24.3 Å². The maximum Gasteiger partial charge on any atom is 0.342 e. The standard InChI is InChI=1S/C33H36N4O5/c1-3-41-32-28(33(38)39)17-34-37(32)30-9-5-8-29(35-30)27-7-4-6-22(2)31(27)42-21-23-10-11-26-19-36(14-12-25(26)16-23)18-24-13-15-40-20-24/h4-11,16-17,24H,3,12-15,18-21H2,1-2H3,(H,38,39). The van der Waals surface area contributed by atoms with Crippen LogP contribution in [-0.4, -0.2) is 63.7 Å². The Bertz CT molecular complexity index is 1580. The number of aromatic carboxylic acids is 1. The molecule has 1 fully saturated rings. The fourth-order valence-corrected chi connectivity index (χ4v) is 5.82. The lowest BCUT2D eigenvalue weighted by Gasteiger charge is -2.30. The van der Waals surface area contributed by atoms with Crippen molar-refractivity contribution >= 4 is 5.97 Å². The summed E-state index contributed by atoms with van der Waals surface area (Å²) in [5.74, 6) is 0.931. The van der Waals surface area contributed by atoms with E-state index in [1.807, 2.05) is 37.3 Å². The van der Waals surface area contributed by atoms with E-state index in [-0.39, 0.29) is 11.4 Å². The number of hydrogen-bond donors (Lipinski definition) is 1. The molecule has 9 nitrogen and oxygen atoms in total. The van der Waals surface area contributed by atoms with E-state index in [0.717, 1.165) is 61.7 Å². The molecule has 2 aromatic carbocycles. The first-order valence-corrected chi connectivity index (χ1v) is 14.5. The van der Waals surface area contributed by atoms with Gasteiger partial charge in [0.2, 0.25) is 5.88 Å². The molecule has 0 bridgehead atoms. The molecule has 1 unspecified atom stereocenters. The maximum atomic E-state index is 11.7. The molecule has 4 heterocycles. The number of aryl methyl sites for hydroxylation is 1. The van der Waals surface area contributed by atoms with Crippen LogP contribution in [0.25, 0.3) is 17.1 Å². The van der Waals surface area contributed by atoms with Gasteiger partial charge in [-0.05, 0) is 73.1 Å². The zero-order valence-corrected chi connectivity index (χ0v) is 24.1. The topological polar surface area (TPSA) is 98.9 Å². The number of ether oxygens (including phenoxy) is 3. The highest BCUT2D eigenvalue weighted by molar-refractivity contribution is 5.90. The van der Waals surface area contributed by atoms with Crippen molar-refractivity contribution in [3.05, 3.63) is 88.6 Å². The van der Waals surface area contributed by atoms with Crippen LogP contribution in [0.3, 0.4) is 0 Å². The summed E-state index contributed by atoms with van der Waals surface area (Å²) in [5, 5.41) is 13.8. The highest BCUT2D eigenvalue weighted by Crippen LogP contribution is 2.34. The van der Waals surface area contributed by atoms with Crippen LogP contribution in [0.5, 0.6) is 11.6 Å². The van der Waals surface area contributed by atoms with Crippen LogP contribution in [0.2, 0.25) is 0 Å². The number of carbonyl (C=O) groups is 1. The van der Waals surface area contributed by atoms with Gasteiger partial charge in [-0.2, -0.15) is 9.78 Å². The number of fused-ring (bicyclic) bond motifs is 1. The maximum absolute atomic E-state index is 11.7. The summed E-state index contributed by atoms with van der Waals surface area (Å²) in [4.78, 5) is 19.1. The van der Waals surface area contributed by atoms with Gasteiger partial charge in [-0.3, -0.25) is 4.90 Å². The molecular weight excluding hydrogens is 532 g/mol. The average molecular weight is 569 g/mol. The van der Waals surface area contributed by atoms with Gasteiger partial charge in [-0.1, -0.05) is 36.4 Å². The summed E-state index contributed by atoms with van der Waals surface area (Å²) < 4.78 is 19.1. The molecule has 1 atom stereocenters. The van der Waals surface area contributed by atoms with E-state index in [1.165, 1.54) is 28.4 Å². The van der Waals surface area contributed by atoms with Gasteiger partial charge < -0.3 is 19.3 Å². The number of carboxylic acids is 1. The van der Waals surface area contributed by atoms with Gasteiger partial charge in [0.25, 0.3) is 0 Å². The first-order chi connectivity index (χ1) is 20.5. The third-order valence-electron chi connectivity index (χ3n) is 7.96. The summed E-state index contributed by atoms with van der Waals surface area (Å²) in [6, 6.07) is 18.3. The van der Waals surface area contributed by atoms with Gasteiger partial charge in [0.1, 0.15) is 17.9 Å². The third-order valence-corrected chi connectivity index (χ3v) is 7.96. The smallest absolute Gasteiger partial charge is 0.342 e. The Morgan fingerprint density at radius 2 is 2.00 bits per heavy atom. The third kappa shape index (κ3) is 5.89.